The topological polar surface area (TPSA) is 148 Å². The van der Waals surface area contributed by atoms with Gasteiger partial charge in [-0.05, 0) is 50.8 Å². The lowest BCUT2D eigenvalue weighted by Gasteiger charge is -2.20. The third-order valence-electron chi connectivity index (χ3n) is 6.30. The number of carbonyl (C=O) groups is 2. The van der Waals surface area contributed by atoms with Crippen LogP contribution < -0.4 is 20.1 Å². The molecule has 2 heterocycles. The molecule has 3 aromatic rings. The summed E-state index contributed by atoms with van der Waals surface area (Å²) in [6.07, 6.45) is 1.01. The molecule has 1 aromatic heterocycles. The van der Waals surface area contributed by atoms with Crippen LogP contribution in [0.1, 0.15) is 18.9 Å². The number of carbonyl (C=O) groups excluding carboxylic acids is 2. The zero-order valence-electron chi connectivity index (χ0n) is 23.3. The number of pyridine rings is 1. The SMILES string of the molecule is CCOC1OC(=O)C[C@@H]1NS(=O)(=O)c1ccc(NC(=O)NCCN(C)C)cc1OCCc1cccc2ncccc12. The number of fused-ring (bicyclic) bond motifs is 1. The highest BCUT2D eigenvalue weighted by Crippen LogP contribution is 2.30. The Hall–Kier alpha value is -3.78. The fourth-order valence-corrected chi connectivity index (χ4v) is 5.70. The molecule has 2 amide bonds. The summed E-state index contributed by atoms with van der Waals surface area (Å²) in [5, 5.41) is 6.44. The quantitative estimate of drug-likeness (QED) is 0.257. The number of sulfonamides is 1. The molecule has 1 fully saturated rings. The predicted molar refractivity (Wildman–Crippen MR) is 153 cm³/mol. The van der Waals surface area contributed by atoms with Crippen LogP contribution in [0.25, 0.3) is 10.9 Å². The van der Waals surface area contributed by atoms with Crippen LogP contribution >= 0.6 is 0 Å². The van der Waals surface area contributed by atoms with Crippen molar-refractivity contribution in [3.05, 3.63) is 60.3 Å². The molecule has 0 spiro atoms. The van der Waals surface area contributed by atoms with Crippen LogP contribution in [-0.2, 0) is 30.7 Å². The molecule has 1 saturated heterocycles. The van der Waals surface area contributed by atoms with Crippen LogP contribution in [-0.4, -0.2) is 83.0 Å². The number of esters is 1. The number of ether oxygens (including phenoxy) is 3. The molecule has 4 rings (SSSR count). The smallest absolute Gasteiger partial charge is 0.319 e. The number of nitrogens with one attached hydrogen (secondary N) is 3. The zero-order chi connectivity index (χ0) is 29.4. The van der Waals surface area contributed by atoms with Crippen molar-refractivity contribution in [1.29, 1.82) is 0 Å². The van der Waals surface area contributed by atoms with Gasteiger partial charge in [-0.3, -0.25) is 9.78 Å². The number of nitrogens with zero attached hydrogens (tertiary/aromatic N) is 2. The standard InChI is InChI=1S/C28H35N5O7S/c1-4-38-27-23(18-26(34)40-27)32-41(36,37)25-11-10-20(31-28(35)30-14-15-33(2)3)17-24(25)39-16-12-19-7-5-9-22-21(19)8-6-13-29-22/h5-11,13,17,23,27,32H,4,12,14-16,18H2,1-3H3,(H2,30,31,35)/t23-,27?/m0/s1. The van der Waals surface area contributed by atoms with Crippen molar-refractivity contribution in [3.63, 3.8) is 0 Å². The molecule has 1 unspecified atom stereocenters. The van der Waals surface area contributed by atoms with Gasteiger partial charge in [0, 0.05) is 49.5 Å². The molecule has 1 aliphatic rings. The average molecular weight is 586 g/mol. The minimum absolute atomic E-state index is 0.0418. The van der Waals surface area contributed by atoms with Gasteiger partial charge in [-0.25, -0.2) is 17.9 Å². The van der Waals surface area contributed by atoms with E-state index < -0.39 is 34.4 Å². The molecule has 1 aliphatic heterocycles. The van der Waals surface area contributed by atoms with Crippen molar-refractivity contribution in [1.82, 2.24) is 19.9 Å². The lowest BCUT2D eigenvalue weighted by molar-refractivity contribution is -0.163. The molecule has 0 bridgehead atoms. The zero-order valence-corrected chi connectivity index (χ0v) is 24.1. The summed E-state index contributed by atoms with van der Waals surface area (Å²) in [5.74, 6) is -0.516. The van der Waals surface area contributed by atoms with Crippen molar-refractivity contribution in [3.8, 4) is 5.75 Å². The van der Waals surface area contributed by atoms with Crippen molar-refractivity contribution in [2.75, 3.05) is 45.7 Å². The number of benzene rings is 2. The van der Waals surface area contributed by atoms with E-state index >= 15 is 0 Å². The molecular weight excluding hydrogens is 550 g/mol. The number of cyclic esters (lactones) is 1. The van der Waals surface area contributed by atoms with Gasteiger partial charge >= 0.3 is 12.0 Å². The summed E-state index contributed by atoms with van der Waals surface area (Å²) < 4.78 is 46.0. The molecule has 3 N–H and O–H groups in total. The van der Waals surface area contributed by atoms with Crippen LogP contribution in [0.2, 0.25) is 0 Å². The Morgan fingerprint density at radius 1 is 1.17 bits per heavy atom. The van der Waals surface area contributed by atoms with E-state index in [0.29, 0.717) is 25.2 Å². The lowest BCUT2D eigenvalue weighted by Crippen LogP contribution is -2.41. The van der Waals surface area contributed by atoms with Crippen LogP contribution in [0, 0.1) is 0 Å². The molecule has 12 nitrogen and oxygen atoms in total. The van der Waals surface area contributed by atoms with E-state index in [1.54, 1.807) is 13.1 Å². The van der Waals surface area contributed by atoms with E-state index in [2.05, 4.69) is 20.3 Å². The molecular formula is C28H35N5O7S. The van der Waals surface area contributed by atoms with Gasteiger partial charge in [-0.2, -0.15) is 0 Å². The number of likely N-dealkylation sites (N-methyl/N-ethyl adjacent to an activating group) is 1. The van der Waals surface area contributed by atoms with E-state index in [-0.39, 0.29) is 30.3 Å². The van der Waals surface area contributed by atoms with Gasteiger partial charge in [0.25, 0.3) is 0 Å². The average Bonchev–Trinajstić information content (AvgIpc) is 3.26. The van der Waals surface area contributed by atoms with Crippen LogP contribution in [0.3, 0.4) is 0 Å². The number of hydrogen-bond donors (Lipinski definition) is 3. The highest BCUT2D eigenvalue weighted by molar-refractivity contribution is 7.89. The van der Waals surface area contributed by atoms with E-state index in [1.165, 1.54) is 18.2 Å². The second-order valence-electron chi connectivity index (χ2n) is 9.68. The van der Waals surface area contributed by atoms with Crippen molar-refractivity contribution in [2.24, 2.45) is 0 Å². The van der Waals surface area contributed by atoms with Crippen LogP contribution in [0.4, 0.5) is 10.5 Å². The molecule has 2 aromatic carbocycles. The number of amides is 2. The summed E-state index contributed by atoms with van der Waals surface area (Å²) in [6, 6.07) is 12.6. The van der Waals surface area contributed by atoms with Gasteiger partial charge in [-0.1, -0.05) is 18.2 Å². The van der Waals surface area contributed by atoms with E-state index in [1.807, 2.05) is 49.3 Å². The second-order valence-corrected chi connectivity index (χ2v) is 11.4. The minimum atomic E-state index is -4.18. The van der Waals surface area contributed by atoms with Gasteiger partial charge in [0.1, 0.15) is 10.6 Å². The summed E-state index contributed by atoms with van der Waals surface area (Å²) in [6.45, 7) is 3.21. The highest BCUT2D eigenvalue weighted by atomic mass is 32.2. The second kappa shape index (κ2) is 13.7. The number of hydrogen-bond acceptors (Lipinski definition) is 9. The Kier molecular flexibility index (Phi) is 10.1. The maximum Gasteiger partial charge on any atom is 0.319 e. The van der Waals surface area contributed by atoms with Crippen molar-refractivity contribution >= 4 is 38.6 Å². The van der Waals surface area contributed by atoms with E-state index in [9.17, 15) is 18.0 Å². The highest BCUT2D eigenvalue weighted by Gasteiger charge is 2.39. The fraction of sp³-hybridized carbons (Fsp3) is 0.393. The van der Waals surface area contributed by atoms with Crippen LogP contribution in [0.15, 0.2) is 59.6 Å². The van der Waals surface area contributed by atoms with Gasteiger partial charge in [0.15, 0.2) is 0 Å². The molecule has 220 valence electrons. The Bertz CT molecular complexity index is 1480. The van der Waals surface area contributed by atoms with Crippen molar-refractivity contribution in [2.45, 2.75) is 37.0 Å². The molecule has 13 heteroatoms. The summed E-state index contributed by atoms with van der Waals surface area (Å²) >= 11 is 0. The Morgan fingerprint density at radius 2 is 2.00 bits per heavy atom. The number of urea groups is 1. The molecule has 2 atom stereocenters. The predicted octanol–water partition coefficient (Wildman–Crippen LogP) is 2.50. The normalized spacial score (nSPS) is 17.0. The maximum atomic E-state index is 13.5. The van der Waals surface area contributed by atoms with E-state index in [4.69, 9.17) is 14.2 Å². The Balaban J connectivity index is 1.55. The van der Waals surface area contributed by atoms with E-state index in [0.717, 1.165) is 16.5 Å². The van der Waals surface area contributed by atoms with Gasteiger partial charge < -0.3 is 29.7 Å². The fourth-order valence-electron chi connectivity index (χ4n) is 4.35. The number of aromatic nitrogens is 1. The maximum absolute atomic E-state index is 13.5. The van der Waals surface area contributed by atoms with Gasteiger partial charge in [0.05, 0.1) is 24.6 Å². The third kappa shape index (κ3) is 8.13. The van der Waals surface area contributed by atoms with Gasteiger partial charge in [0.2, 0.25) is 16.3 Å². The summed E-state index contributed by atoms with van der Waals surface area (Å²) in [4.78, 5) is 30.4. The number of anilines is 1. The Labute approximate surface area is 239 Å². The number of rotatable bonds is 13. The van der Waals surface area contributed by atoms with Crippen molar-refractivity contribution < 1.29 is 32.2 Å². The first-order valence-electron chi connectivity index (χ1n) is 13.3. The summed E-state index contributed by atoms with van der Waals surface area (Å²) in [7, 11) is -0.382. The summed E-state index contributed by atoms with van der Waals surface area (Å²) in [5.41, 5.74) is 2.19. The minimum Gasteiger partial charge on any atom is -0.492 e. The molecule has 41 heavy (non-hydrogen) atoms. The van der Waals surface area contributed by atoms with Crippen LogP contribution in [0.5, 0.6) is 5.75 Å². The monoisotopic (exact) mass is 585 g/mol. The molecule has 0 radical (unpaired) electrons. The first-order valence-corrected chi connectivity index (χ1v) is 14.8. The third-order valence-corrected chi connectivity index (χ3v) is 7.83. The first-order chi connectivity index (χ1) is 19.7. The Morgan fingerprint density at radius 3 is 2.78 bits per heavy atom. The first kappa shape index (κ1) is 30.2. The lowest BCUT2D eigenvalue weighted by atomic mass is 10.1. The molecule has 0 saturated carbocycles. The molecule has 0 aliphatic carbocycles. The largest absolute Gasteiger partial charge is 0.492 e. The van der Waals surface area contributed by atoms with Gasteiger partial charge in [-0.15, -0.1) is 0 Å².